The van der Waals surface area contributed by atoms with Crippen LogP contribution in [-0.2, 0) is 6.54 Å². The number of para-hydroxylation sites is 1. The number of hydrogen-bond acceptors (Lipinski definition) is 6. The van der Waals surface area contributed by atoms with Crippen molar-refractivity contribution in [2.75, 3.05) is 5.32 Å². The van der Waals surface area contributed by atoms with Gasteiger partial charge in [0.15, 0.2) is 0 Å². The normalized spacial score (nSPS) is 13.5. The molecule has 0 aliphatic heterocycles. The molecule has 1 aromatic heterocycles. The number of benzene rings is 2. The summed E-state index contributed by atoms with van der Waals surface area (Å²) < 4.78 is 1.06. The highest BCUT2D eigenvalue weighted by molar-refractivity contribution is 7.18. The molecule has 132 valence electrons. The first-order chi connectivity index (χ1) is 12.6. The molecule has 8 heteroatoms. The largest absolute Gasteiger partial charge is 0.377 e. The number of nitro groups is 1. The smallest absolute Gasteiger partial charge is 0.293 e. The van der Waals surface area contributed by atoms with E-state index in [1.807, 2.05) is 24.3 Å². The fourth-order valence-electron chi connectivity index (χ4n) is 2.65. The average Bonchev–Trinajstić information content (AvgIpc) is 3.35. The Balaban J connectivity index is 1.48. The molecule has 0 spiro atoms. The molecule has 0 saturated heterocycles. The Bertz CT molecular complexity index is 964. The van der Waals surface area contributed by atoms with Gasteiger partial charge in [-0.1, -0.05) is 12.1 Å². The lowest BCUT2D eigenvalue weighted by Crippen LogP contribution is -2.22. The topological polar surface area (TPSA) is 97.2 Å². The van der Waals surface area contributed by atoms with Gasteiger partial charge < -0.3 is 10.6 Å². The van der Waals surface area contributed by atoms with Crippen LogP contribution < -0.4 is 10.6 Å². The van der Waals surface area contributed by atoms with E-state index in [9.17, 15) is 14.9 Å². The molecule has 4 rings (SSSR count). The van der Waals surface area contributed by atoms with Crippen LogP contribution in [0.1, 0.15) is 28.2 Å². The summed E-state index contributed by atoms with van der Waals surface area (Å²) in [6, 6.07) is 12.6. The van der Waals surface area contributed by atoms with Crippen molar-refractivity contribution in [1.82, 2.24) is 10.3 Å². The highest BCUT2D eigenvalue weighted by atomic mass is 32.1. The SMILES string of the molecule is O=C(NCc1nc2ccccc2s1)c1ccc(NC2CC2)c([N+](=O)[O-])c1. The first kappa shape index (κ1) is 16.5. The number of thiazole rings is 1. The molecule has 3 aromatic rings. The van der Waals surface area contributed by atoms with Gasteiger partial charge in [-0.3, -0.25) is 14.9 Å². The summed E-state index contributed by atoms with van der Waals surface area (Å²) in [5, 5.41) is 18.0. The predicted molar refractivity (Wildman–Crippen MR) is 101 cm³/mol. The molecule has 26 heavy (non-hydrogen) atoms. The van der Waals surface area contributed by atoms with Crippen LogP contribution in [0.2, 0.25) is 0 Å². The Morgan fingerprint density at radius 2 is 2.08 bits per heavy atom. The Hall–Kier alpha value is -3.00. The molecular formula is C18H16N4O3S. The fourth-order valence-corrected chi connectivity index (χ4v) is 3.55. The molecular weight excluding hydrogens is 352 g/mol. The average molecular weight is 368 g/mol. The summed E-state index contributed by atoms with van der Waals surface area (Å²) in [7, 11) is 0. The molecule has 0 atom stereocenters. The summed E-state index contributed by atoms with van der Waals surface area (Å²) in [6.07, 6.45) is 2.03. The van der Waals surface area contributed by atoms with Gasteiger partial charge in [-0.25, -0.2) is 4.98 Å². The van der Waals surface area contributed by atoms with E-state index in [0.717, 1.165) is 28.1 Å². The van der Waals surface area contributed by atoms with E-state index in [1.54, 1.807) is 12.1 Å². The maximum atomic E-state index is 12.4. The van der Waals surface area contributed by atoms with Crippen LogP contribution in [0.25, 0.3) is 10.2 Å². The third-order valence-corrected chi connectivity index (χ3v) is 5.17. The van der Waals surface area contributed by atoms with Gasteiger partial charge in [0.05, 0.1) is 21.7 Å². The highest BCUT2D eigenvalue weighted by Gasteiger charge is 2.25. The molecule has 0 radical (unpaired) electrons. The maximum absolute atomic E-state index is 12.4. The van der Waals surface area contributed by atoms with Crippen molar-refractivity contribution in [1.29, 1.82) is 0 Å². The molecule has 1 aliphatic carbocycles. The van der Waals surface area contributed by atoms with Crippen LogP contribution in [0, 0.1) is 10.1 Å². The molecule has 1 aliphatic rings. The highest BCUT2D eigenvalue weighted by Crippen LogP contribution is 2.31. The lowest BCUT2D eigenvalue weighted by Gasteiger charge is -2.08. The van der Waals surface area contributed by atoms with E-state index in [1.165, 1.54) is 17.4 Å². The van der Waals surface area contributed by atoms with Crippen LogP contribution in [0.15, 0.2) is 42.5 Å². The minimum Gasteiger partial charge on any atom is -0.377 e. The van der Waals surface area contributed by atoms with Crippen molar-refractivity contribution in [2.45, 2.75) is 25.4 Å². The Kier molecular flexibility index (Phi) is 4.26. The van der Waals surface area contributed by atoms with Crippen molar-refractivity contribution in [3.05, 3.63) is 63.1 Å². The number of nitrogens with one attached hydrogen (secondary N) is 2. The second kappa shape index (κ2) is 6.72. The summed E-state index contributed by atoms with van der Waals surface area (Å²) in [5.74, 6) is -0.356. The molecule has 2 N–H and O–H groups in total. The van der Waals surface area contributed by atoms with Crippen molar-refractivity contribution in [3.8, 4) is 0 Å². The van der Waals surface area contributed by atoms with Gasteiger partial charge in [0.2, 0.25) is 0 Å². The van der Waals surface area contributed by atoms with E-state index < -0.39 is 4.92 Å². The number of amides is 1. The van der Waals surface area contributed by atoms with Gasteiger partial charge in [-0.2, -0.15) is 0 Å². The number of carbonyl (C=O) groups excluding carboxylic acids is 1. The zero-order valence-electron chi connectivity index (χ0n) is 13.8. The van der Waals surface area contributed by atoms with Crippen molar-refractivity contribution < 1.29 is 9.72 Å². The second-order valence-electron chi connectivity index (χ2n) is 6.17. The zero-order valence-corrected chi connectivity index (χ0v) is 14.6. The monoisotopic (exact) mass is 368 g/mol. The van der Waals surface area contributed by atoms with Gasteiger partial charge in [0.25, 0.3) is 11.6 Å². The number of nitro benzene ring substituents is 1. The molecule has 1 heterocycles. The van der Waals surface area contributed by atoms with Crippen LogP contribution in [-0.4, -0.2) is 21.9 Å². The van der Waals surface area contributed by atoms with Crippen LogP contribution in [0.5, 0.6) is 0 Å². The third-order valence-electron chi connectivity index (χ3n) is 4.13. The number of fused-ring (bicyclic) bond motifs is 1. The minimum absolute atomic E-state index is 0.0791. The van der Waals surface area contributed by atoms with E-state index in [0.29, 0.717) is 11.7 Å². The van der Waals surface area contributed by atoms with E-state index in [2.05, 4.69) is 15.6 Å². The quantitative estimate of drug-likeness (QED) is 0.511. The number of rotatable bonds is 6. The minimum atomic E-state index is -0.463. The molecule has 1 fully saturated rings. The van der Waals surface area contributed by atoms with Crippen LogP contribution in [0.4, 0.5) is 11.4 Å². The summed E-state index contributed by atoms with van der Waals surface area (Å²) in [6.45, 7) is 0.286. The van der Waals surface area contributed by atoms with Gasteiger partial charge in [0.1, 0.15) is 10.7 Å². The standard InChI is InChI=1S/C18H16N4O3S/c23-18(19-10-17-21-14-3-1-2-4-16(14)26-17)11-5-8-13(20-12-6-7-12)15(9-11)22(24)25/h1-5,8-9,12,20H,6-7,10H2,(H,19,23). The van der Waals surface area contributed by atoms with Gasteiger partial charge in [-0.05, 0) is 37.1 Å². The Morgan fingerprint density at radius 3 is 2.81 bits per heavy atom. The summed E-state index contributed by atoms with van der Waals surface area (Å²) in [5.41, 5.74) is 1.54. The number of aromatic nitrogens is 1. The molecule has 1 amide bonds. The first-order valence-corrected chi connectivity index (χ1v) is 9.09. The molecule has 0 unspecified atom stereocenters. The lowest BCUT2D eigenvalue weighted by atomic mass is 10.1. The molecule has 2 aromatic carbocycles. The van der Waals surface area contributed by atoms with Crippen LogP contribution >= 0.6 is 11.3 Å². The van der Waals surface area contributed by atoms with Gasteiger partial charge in [-0.15, -0.1) is 11.3 Å². The van der Waals surface area contributed by atoms with E-state index in [4.69, 9.17) is 0 Å². The molecule has 1 saturated carbocycles. The van der Waals surface area contributed by atoms with Crippen molar-refractivity contribution in [2.24, 2.45) is 0 Å². The second-order valence-corrected chi connectivity index (χ2v) is 7.28. The zero-order chi connectivity index (χ0) is 18.1. The lowest BCUT2D eigenvalue weighted by molar-refractivity contribution is -0.384. The van der Waals surface area contributed by atoms with Crippen LogP contribution in [0.3, 0.4) is 0 Å². The number of anilines is 1. The summed E-state index contributed by atoms with van der Waals surface area (Å²) in [4.78, 5) is 27.7. The molecule has 0 bridgehead atoms. The number of nitrogens with zero attached hydrogens (tertiary/aromatic N) is 2. The summed E-state index contributed by atoms with van der Waals surface area (Å²) >= 11 is 1.51. The number of carbonyl (C=O) groups is 1. The number of hydrogen-bond donors (Lipinski definition) is 2. The predicted octanol–water partition coefficient (Wildman–Crippen LogP) is 3.71. The van der Waals surface area contributed by atoms with Crippen molar-refractivity contribution >= 4 is 38.8 Å². The molecule has 7 nitrogen and oxygen atoms in total. The first-order valence-electron chi connectivity index (χ1n) is 8.28. The van der Waals surface area contributed by atoms with E-state index >= 15 is 0 Å². The Morgan fingerprint density at radius 1 is 1.27 bits per heavy atom. The van der Waals surface area contributed by atoms with Crippen molar-refractivity contribution in [3.63, 3.8) is 0 Å². The van der Waals surface area contributed by atoms with E-state index in [-0.39, 0.29) is 23.7 Å². The third kappa shape index (κ3) is 3.50. The van der Waals surface area contributed by atoms with Gasteiger partial charge >= 0.3 is 0 Å². The van der Waals surface area contributed by atoms with Gasteiger partial charge in [0, 0.05) is 17.7 Å². The maximum Gasteiger partial charge on any atom is 0.293 e. The fraction of sp³-hybridized carbons (Fsp3) is 0.222. The Labute approximate surface area is 153 Å².